The molecule has 0 heterocycles. The molecule has 0 saturated heterocycles. The Balaban J connectivity index is 4.42. The Morgan fingerprint density at radius 3 is 1.91 bits per heavy atom. The van der Waals surface area contributed by atoms with Crippen LogP contribution in [0.5, 0.6) is 0 Å². The molecule has 0 aliphatic heterocycles. The van der Waals surface area contributed by atoms with Gasteiger partial charge >= 0.3 is 0 Å². The lowest BCUT2D eigenvalue weighted by molar-refractivity contribution is 0.189. The summed E-state index contributed by atoms with van der Waals surface area (Å²) in [7, 11) is 0. The standard InChI is InChI=1S/C7H17N3O/c1-3-7(4-2,5-11)10-6(8)9/h11H,3-5H2,1-2H3,(H4,8,9,10). The van der Waals surface area contributed by atoms with Crippen LogP contribution in [0.3, 0.4) is 0 Å². The van der Waals surface area contributed by atoms with E-state index in [2.05, 4.69) is 4.99 Å². The van der Waals surface area contributed by atoms with Crippen LogP contribution in [0.25, 0.3) is 0 Å². The van der Waals surface area contributed by atoms with E-state index in [0.717, 1.165) is 12.8 Å². The SMILES string of the molecule is CCC(CC)(CO)N=C(N)N. The van der Waals surface area contributed by atoms with Crippen molar-refractivity contribution in [2.45, 2.75) is 32.2 Å². The number of hydrogen-bond donors (Lipinski definition) is 3. The Kier molecular flexibility index (Phi) is 3.89. The van der Waals surface area contributed by atoms with E-state index < -0.39 is 5.54 Å². The first-order valence-electron chi connectivity index (χ1n) is 3.82. The number of guanidine groups is 1. The molecule has 0 aromatic rings. The molecule has 0 amide bonds. The van der Waals surface area contributed by atoms with Gasteiger partial charge in [-0.25, -0.2) is 4.99 Å². The molecule has 4 heteroatoms. The van der Waals surface area contributed by atoms with Gasteiger partial charge in [-0.15, -0.1) is 0 Å². The summed E-state index contributed by atoms with van der Waals surface area (Å²) in [5.41, 5.74) is 9.98. The van der Waals surface area contributed by atoms with Crippen LogP contribution < -0.4 is 11.5 Å². The fraction of sp³-hybridized carbons (Fsp3) is 0.857. The highest BCUT2D eigenvalue weighted by Gasteiger charge is 2.23. The Hall–Kier alpha value is -0.770. The van der Waals surface area contributed by atoms with E-state index in [4.69, 9.17) is 16.6 Å². The summed E-state index contributed by atoms with van der Waals surface area (Å²) in [6.07, 6.45) is 1.50. The van der Waals surface area contributed by atoms with E-state index >= 15 is 0 Å². The molecule has 5 N–H and O–H groups in total. The molecule has 0 aromatic heterocycles. The number of aliphatic imine (C=N–C) groups is 1. The highest BCUT2D eigenvalue weighted by atomic mass is 16.3. The molecule has 0 aliphatic carbocycles. The van der Waals surface area contributed by atoms with E-state index in [0.29, 0.717) is 0 Å². The fourth-order valence-corrected chi connectivity index (χ4v) is 0.941. The number of nitrogens with zero attached hydrogens (tertiary/aromatic N) is 1. The predicted octanol–water partition coefficient (Wildman–Crippen LogP) is -0.189. The molecule has 4 nitrogen and oxygen atoms in total. The lowest BCUT2D eigenvalue weighted by Crippen LogP contribution is -2.35. The van der Waals surface area contributed by atoms with Crippen molar-refractivity contribution in [3.05, 3.63) is 0 Å². The van der Waals surface area contributed by atoms with Crippen molar-refractivity contribution in [3.63, 3.8) is 0 Å². The van der Waals surface area contributed by atoms with Gasteiger partial charge in [-0.2, -0.15) is 0 Å². The van der Waals surface area contributed by atoms with Gasteiger partial charge in [0.25, 0.3) is 0 Å². The minimum atomic E-state index is -0.459. The summed E-state index contributed by atoms with van der Waals surface area (Å²) in [4.78, 5) is 3.99. The third-order valence-corrected chi connectivity index (χ3v) is 1.98. The molecule has 0 spiro atoms. The first-order chi connectivity index (χ1) is 5.10. The molecular formula is C7H17N3O. The van der Waals surface area contributed by atoms with Crippen LogP contribution >= 0.6 is 0 Å². The number of rotatable bonds is 4. The van der Waals surface area contributed by atoms with Crippen molar-refractivity contribution >= 4 is 5.96 Å². The zero-order valence-corrected chi connectivity index (χ0v) is 7.17. The van der Waals surface area contributed by atoms with Crippen molar-refractivity contribution in [2.75, 3.05) is 6.61 Å². The van der Waals surface area contributed by atoms with Gasteiger partial charge in [0.05, 0.1) is 12.1 Å². The molecular weight excluding hydrogens is 142 g/mol. The second-order valence-electron chi connectivity index (χ2n) is 2.63. The lowest BCUT2D eigenvalue weighted by Gasteiger charge is -2.24. The van der Waals surface area contributed by atoms with Crippen LogP contribution in [0, 0.1) is 0 Å². The van der Waals surface area contributed by atoms with E-state index in [1.807, 2.05) is 13.8 Å². The van der Waals surface area contributed by atoms with Gasteiger partial charge in [0.15, 0.2) is 5.96 Å². The molecule has 0 fully saturated rings. The average Bonchev–Trinajstić information content (AvgIpc) is 2.00. The van der Waals surface area contributed by atoms with Crippen molar-refractivity contribution in [1.82, 2.24) is 0 Å². The average molecular weight is 159 g/mol. The monoisotopic (exact) mass is 159 g/mol. The van der Waals surface area contributed by atoms with Crippen LogP contribution in [0.1, 0.15) is 26.7 Å². The third kappa shape index (κ3) is 2.76. The highest BCUT2D eigenvalue weighted by Crippen LogP contribution is 2.18. The van der Waals surface area contributed by atoms with Crippen molar-refractivity contribution in [2.24, 2.45) is 16.5 Å². The second-order valence-corrected chi connectivity index (χ2v) is 2.63. The Morgan fingerprint density at radius 2 is 1.82 bits per heavy atom. The lowest BCUT2D eigenvalue weighted by atomic mass is 9.95. The van der Waals surface area contributed by atoms with Gasteiger partial charge in [-0.1, -0.05) is 13.8 Å². The maximum atomic E-state index is 9.01. The first-order valence-corrected chi connectivity index (χ1v) is 3.82. The number of nitrogens with two attached hydrogens (primary N) is 2. The first kappa shape index (κ1) is 10.2. The largest absolute Gasteiger partial charge is 0.394 e. The summed E-state index contributed by atoms with van der Waals surface area (Å²) in [5.74, 6) is 0.0442. The smallest absolute Gasteiger partial charge is 0.186 e. The summed E-state index contributed by atoms with van der Waals surface area (Å²) in [5, 5.41) is 9.01. The fourth-order valence-electron chi connectivity index (χ4n) is 0.941. The minimum absolute atomic E-state index is 0.00208. The van der Waals surface area contributed by atoms with Crippen molar-refractivity contribution < 1.29 is 5.11 Å². The molecule has 0 atom stereocenters. The van der Waals surface area contributed by atoms with Crippen LogP contribution in [-0.4, -0.2) is 23.2 Å². The third-order valence-electron chi connectivity index (χ3n) is 1.98. The zero-order chi connectivity index (χ0) is 8.91. The van der Waals surface area contributed by atoms with Crippen LogP contribution in [0.15, 0.2) is 4.99 Å². The van der Waals surface area contributed by atoms with E-state index in [-0.39, 0.29) is 12.6 Å². The summed E-state index contributed by atoms with van der Waals surface area (Å²) in [6, 6.07) is 0. The number of hydrogen-bond acceptors (Lipinski definition) is 2. The Bertz CT molecular complexity index is 128. The molecule has 0 aliphatic rings. The molecule has 66 valence electrons. The van der Waals surface area contributed by atoms with E-state index in [1.54, 1.807) is 0 Å². The maximum Gasteiger partial charge on any atom is 0.186 e. The normalized spacial score (nSPS) is 11.2. The van der Waals surface area contributed by atoms with Crippen LogP contribution in [-0.2, 0) is 0 Å². The predicted molar refractivity (Wildman–Crippen MR) is 46.2 cm³/mol. The Morgan fingerprint density at radius 1 is 1.36 bits per heavy atom. The van der Waals surface area contributed by atoms with Crippen molar-refractivity contribution in [3.8, 4) is 0 Å². The van der Waals surface area contributed by atoms with Gasteiger partial charge in [0.2, 0.25) is 0 Å². The van der Waals surface area contributed by atoms with Crippen LogP contribution in [0.4, 0.5) is 0 Å². The zero-order valence-electron chi connectivity index (χ0n) is 7.17. The van der Waals surface area contributed by atoms with E-state index in [1.165, 1.54) is 0 Å². The van der Waals surface area contributed by atoms with Gasteiger partial charge in [0, 0.05) is 0 Å². The molecule has 0 saturated carbocycles. The minimum Gasteiger partial charge on any atom is -0.394 e. The van der Waals surface area contributed by atoms with Gasteiger partial charge in [-0.05, 0) is 12.8 Å². The number of aliphatic hydroxyl groups is 1. The molecule has 0 aromatic carbocycles. The van der Waals surface area contributed by atoms with Gasteiger partial charge in [0.1, 0.15) is 0 Å². The van der Waals surface area contributed by atoms with E-state index in [9.17, 15) is 0 Å². The summed E-state index contributed by atoms with van der Waals surface area (Å²) in [6.45, 7) is 3.90. The maximum absolute atomic E-state index is 9.01. The van der Waals surface area contributed by atoms with Gasteiger partial charge < -0.3 is 16.6 Å². The topological polar surface area (TPSA) is 84.6 Å². The molecule has 0 rings (SSSR count). The van der Waals surface area contributed by atoms with Crippen molar-refractivity contribution in [1.29, 1.82) is 0 Å². The molecule has 11 heavy (non-hydrogen) atoms. The van der Waals surface area contributed by atoms with Gasteiger partial charge in [-0.3, -0.25) is 0 Å². The summed E-state index contributed by atoms with van der Waals surface area (Å²) >= 11 is 0. The number of aliphatic hydroxyl groups excluding tert-OH is 1. The molecule has 0 unspecified atom stereocenters. The summed E-state index contributed by atoms with van der Waals surface area (Å²) < 4.78 is 0. The Labute approximate surface area is 67.3 Å². The molecule has 0 bridgehead atoms. The van der Waals surface area contributed by atoms with Crippen LogP contribution in [0.2, 0.25) is 0 Å². The molecule has 0 radical (unpaired) electrons. The second kappa shape index (κ2) is 4.18. The quantitative estimate of drug-likeness (QED) is 0.392. The highest BCUT2D eigenvalue weighted by molar-refractivity contribution is 5.76.